The molecule has 0 aliphatic heterocycles. The van der Waals surface area contributed by atoms with Crippen LogP contribution in [0.25, 0.3) is 0 Å². The van der Waals surface area contributed by atoms with Gasteiger partial charge < -0.3 is 0 Å². The predicted molar refractivity (Wildman–Crippen MR) is 56.2 cm³/mol. The third-order valence-corrected chi connectivity index (χ3v) is 2.19. The molecule has 0 aliphatic rings. The molecule has 0 aromatic heterocycles. The Morgan fingerprint density at radius 1 is 1.50 bits per heavy atom. The van der Waals surface area contributed by atoms with Crippen LogP contribution >= 0.6 is 0 Å². The van der Waals surface area contributed by atoms with Crippen molar-refractivity contribution in [2.45, 2.75) is 40.0 Å². The largest absolute Gasteiger partial charge is 0.130 e. The SMILES string of the molecule is C=C=C(C)C(C)CCC=CCC. The van der Waals surface area contributed by atoms with Crippen molar-refractivity contribution in [2.75, 3.05) is 0 Å². The van der Waals surface area contributed by atoms with Crippen LogP contribution in [0.15, 0.2) is 30.0 Å². The molecule has 0 nitrogen and oxygen atoms in total. The van der Waals surface area contributed by atoms with Crippen LogP contribution < -0.4 is 0 Å². The second-order valence-electron chi connectivity index (χ2n) is 3.22. The predicted octanol–water partition coefficient (Wildman–Crippen LogP) is 4.10. The molecule has 1 atom stereocenters. The van der Waals surface area contributed by atoms with E-state index < -0.39 is 0 Å². The fourth-order valence-corrected chi connectivity index (χ4v) is 1.02. The maximum Gasteiger partial charge on any atom is -0.0156 e. The number of allylic oxidation sites excluding steroid dienone is 3. The van der Waals surface area contributed by atoms with Crippen LogP contribution in [0.4, 0.5) is 0 Å². The van der Waals surface area contributed by atoms with E-state index in [1.165, 1.54) is 18.4 Å². The van der Waals surface area contributed by atoms with Gasteiger partial charge >= 0.3 is 0 Å². The molecule has 0 heteroatoms. The molecular formula is C12H20. The molecule has 68 valence electrons. The van der Waals surface area contributed by atoms with Crippen LogP contribution in [-0.4, -0.2) is 0 Å². The van der Waals surface area contributed by atoms with Crippen molar-refractivity contribution in [1.29, 1.82) is 0 Å². The summed E-state index contributed by atoms with van der Waals surface area (Å²) in [7, 11) is 0. The second kappa shape index (κ2) is 6.94. The summed E-state index contributed by atoms with van der Waals surface area (Å²) in [6.07, 6.45) is 8.01. The van der Waals surface area contributed by atoms with Gasteiger partial charge in [-0.1, -0.05) is 32.6 Å². The first-order valence-corrected chi connectivity index (χ1v) is 4.73. The second-order valence-corrected chi connectivity index (χ2v) is 3.22. The van der Waals surface area contributed by atoms with Crippen molar-refractivity contribution < 1.29 is 0 Å². The summed E-state index contributed by atoms with van der Waals surface area (Å²) in [6, 6.07) is 0. The van der Waals surface area contributed by atoms with E-state index in [1.54, 1.807) is 0 Å². The van der Waals surface area contributed by atoms with Crippen LogP contribution in [0.3, 0.4) is 0 Å². The normalized spacial score (nSPS) is 12.9. The zero-order valence-corrected chi connectivity index (χ0v) is 8.56. The molecule has 0 aromatic rings. The molecular weight excluding hydrogens is 144 g/mol. The lowest BCUT2D eigenvalue weighted by atomic mass is 9.98. The van der Waals surface area contributed by atoms with Crippen LogP contribution in [0.5, 0.6) is 0 Å². The van der Waals surface area contributed by atoms with Gasteiger partial charge in [0.05, 0.1) is 0 Å². The lowest BCUT2D eigenvalue weighted by Crippen LogP contribution is -1.93. The molecule has 0 aliphatic carbocycles. The van der Waals surface area contributed by atoms with Crippen LogP contribution in [0, 0.1) is 5.92 Å². The molecule has 0 radical (unpaired) electrons. The zero-order chi connectivity index (χ0) is 9.40. The van der Waals surface area contributed by atoms with Crippen molar-refractivity contribution in [3.8, 4) is 0 Å². The Bertz CT molecular complexity index is 180. The van der Waals surface area contributed by atoms with E-state index in [4.69, 9.17) is 0 Å². The van der Waals surface area contributed by atoms with Gasteiger partial charge in [0.25, 0.3) is 0 Å². The lowest BCUT2D eigenvalue weighted by Gasteiger charge is -2.07. The van der Waals surface area contributed by atoms with Gasteiger partial charge in [0.15, 0.2) is 0 Å². The third-order valence-electron chi connectivity index (χ3n) is 2.19. The summed E-state index contributed by atoms with van der Waals surface area (Å²) in [5.41, 5.74) is 4.23. The highest BCUT2D eigenvalue weighted by atomic mass is 14.0. The van der Waals surface area contributed by atoms with Crippen LogP contribution in [-0.2, 0) is 0 Å². The molecule has 0 rings (SSSR count). The summed E-state index contributed by atoms with van der Waals surface area (Å²) < 4.78 is 0. The van der Waals surface area contributed by atoms with E-state index in [1.807, 2.05) is 0 Å². The van der Waals surface area contributed by atoms with Gasteiger partial charge in [-0.25, -0.2) is 0 Å². The van der Waals surface area contributed by atoms with Gasteiger partial charge in [0.2, 0.25) is 0 Å². The first-order chi connectivity index (χ1) is 5.72. The third kappa shape index (κ3) is 4.98. The molecule has 0 saturated heterocycles. The fourth-order valence-electron chi connectivity index (χ4n) is 1.02. The molecule has 0 amide bonds. The first kappa shape index (κ1) is 11.3. The van der Waals surface area contributed by atoms with Gasteiger partial charge in [-0.2, -0.15) is 0 Å². The summed E-state index contributed by atoms with van der Waals surface area (Å²) >= 11 is 0. The molecule has 12 heavy (non-hydrogen) atoms. The molecule has 0 N–H and O–H groups in total. The molecule has 0 aromatic carbocycles. The van der Waals surface area contributed by atoms with Gasteiger partial charge in [-0.15, -0.1) is 5.73 Å². The minimum absolute atomic E-state index is 0.629. The highest BCUT2D eigenvalue weighted by molar-refractivity contribution is 4.99. The molecule has 0 spiro atoms. The zero-order valence-electron chi connectivity index (χ0n) is 8.56. The summed E-state index contributed by atoms with van der Waals surface area (Å²) in [6.45, 7) is 10.1. The van der Waals surface area contributed by atoms with Crippen molar-refractivity contribution in [3.05, 3.63) is 30.0 Å². The topological polar surface area (TPSA) is 0 Å². The van der Waals surface area contributed by atoms with Gasteiger partial charge in [-0.05, 0) is 37.7 Å². The smallest absolute Gasteiger partial charge is 0.0156 e. The number of rotatable bonds is 5. The van der Waals surface area contributed by atoms with Crippen molar-refractivity contribution in [3.63, 3.8) is 0 Å². The lowest BCUT2D eigenvalue weighted by molar-refractivity contribution is 0.622. The van der Waals surface area contributed by atoms with Crippen LogP contribution in [0.2, 0.25) is 0 Å². The highest BCUT2D eigenvalue weighted by Gasteiger charge is 2.00. The average Bonchev–Trinajstić information content (AvgIpc) is 2.10. The minimum atomic E-state index is 0.629. The maximum absolute atomic E-state index is 3.65. The summed E-state index contributed by atoms with van der Waals surface area (Å²) in [4.78, 5) is 0. The molecule has 0 bridgehead atoms. The van der Waals surface area contributed by atoms with E-state index in [9.17, 15) is 0 Å². The summed E-state index contributed by atoms with van der Waals surface area (Å²) in [5.74, 6) is 0.629. The Hall–Kier alpha value is -0.740. The monoisotopic (exact) mass is 164 g/mol. The summed E-state index contributed by atoms with van der Waals surface area (Å²) in [5, 5.41) is 0. The minimum Gasteiger partial charge on any atom is -0.130 e. The first-order valence-electron chi connectivity index (χ1n) is 4.73. The van der Waals surface area contributed by atoms with Gasteiger partial charge in [-0.3, -0.25) is 0 Å². The molecule has 1 unspecified atom stereocenters. The quantitative estimate of drug-likeness (QED) is 0.424. The van der Waals surface area contributed by atoms with E-state index in [2.05, 4.69) is 45.2 Å². The van der Waals surface area contributed by atoms with Crippen LogP contribution in [0.1, 0.15) is 40.0 Å². The van der Waals surface area contributed by atoms with Crippen molar-refractivity contribution in [2.24, 2.45) is 5.92 Å². The Morgan fingerprint density at radius 3 is 2.67 bits per heavy atom. The van der Waals surface area contributed by atoms with Crippen molar-refractivity contribution in [1.82, 2.24) is 0 Å². The molecule has 0 heterocycles. The van der Waals surface area contributed by atoms with E-state index in [0.717, 1.165) is 6.42 Å². The average molecular weight is 164 g/mol. The van der Waals surface area contributed by atoms with E-state index >= 15 is 0 Å². The van der Waals surface area contributed by atoms with E-state index in [-0.39, 0.29) is 0 Å². The maximum atomic E-state index is 3.65. The number of hydrogen-bond donors (Lipinski definition) is 0. The number of hydrogen-bond acceptors (Lipinski definition) is 0. The Kier molecular flexibility index (Phi) is 6.51. The standard InChI is InChI=1S/C12H20/c1-5-7-8-9-10-12(4)11(3)6-2/h7-8,12H,2,5,9-10H2,1,3-4H3. The Labute approximate surface area is 76.7 Å². The molecule has 0 saturated carbocycles. The fraction of sp³-hybridized carbons (Fsp3) is 0.583. The Balaban J connectivity index is 3.64. The van der Waals surface area contributed by atoms with Crippen molar-refractivity contribution >= 4 is 0 Å². The van der Waals surface area contributed by atoms with E-state index in [0.29, 0.717) is 5.92 Å². The Morgan fingerprint density at radius 2 is 2.17 bits per heavy atom. The van der Waals surface area contributed by atoms with Gasteiger partial charge in [0.1, 0.15) is 0 Å². The molecule has 0 fully saturated rings. The highest BCUT2D eigenvalue weighted by Crippen LogP contribution is 2.14. The van der Waals surface area contributed by atoms with Gasteiger partial charge in [0, 0.05) is 0 Å².